The summed E-state index contributed by atoms with van der Waals surface area (Å²) in [6.07, 6.45) is 0.897. The van der Waals surface area contributed by atoms with Gasteiger partial charge in [0.25, 0.3) is 0 Å². The molecule has 1 heterocycles. The summed E-state index contributed by atoms with van der Waals surface area (Å²) in [4.78, 5) is 24.4. The maximum absolute atomic E-state index is 12.0. The van der Waals surface area contributed by atoms with Crippen LogP contribution < -0.4 is 10.6 Å². The summed E-state index contributed by atoms with van der Waals surface area (Å²) >= 11 is 0. The zero-order valence-electron chi connectivity index (χ0n) is 12.7. The van der Waals surface area contributed by atoms with Crippen molar-refractivity contribution >= 4 is 28.6 Å². The van der Waals surface area contributed by atoms with Crippen molar-refractivity contribution in [1.29, 1.82) is 0 Å². The van der Waals surface area contributed by atoms with E-state index in [1.807, 2.05) is 29.2 Å². The van der Waals surface area contributed by atoms with Crippen molar-refractivity contribution in [3.8, 4) is 0 Å². The zero-order chi connectivity index (χ0) is 15.4. The molecule has 0 saturated carbocycles. The SMILES string of the molecule is CCCN(CC(=O)N(C)C)c1nc2ccccc2nc1N. The number of amides is 1. The average Bonchev–Trinajstić information content (AvgIpc) is 2.46. The quantitative estimate of drug-likeness (QED) is 0.902. The second-order valence-electron chi connectivity index (χ2n) is 5.13. The van der Waals surface area contributed by atoms with Crippen LogP contribution in [0, 0.1) is 0 Å². The predicted molar refractivity (Wildman–Crippen MR) is 85.1 cm³/mol. The van der Waals surface area contributed by atoms with Crippen molar-refractivity contribution in [3.05, 3.63) is 24.3 Å². The van der Waals surface area contributed by atoms with Gasteiger partial charge in [-0.15, -0.1) is 0 Å². The Hall–Kier alpha value is -2.37. The lowest BCUT2D eigenvalue weighted by molar-refractivity contribution is -0.127. The van der Waals surface area contributed by atoms with E-state index in [1.54, 1.807) is 19.0 Å². The smallest absolute Gasteiger partial charge is 0.241 e. The number of fused-ring (bicyclic) bond motifs is 1. The first kappa shape index (κ1) is 15.0. The Morgan fingerprint density at radius 2 is 1.81 bits per heavy atom. The van der Waals surface area contributed by atoms with Crippen molar-refractivity contribution in [2.45, 2.75) is 13.3 Å². The number of nitrogens with zero attached hydrogens (tertiary/aromatic N) is 4. The topological polar surface area (TPSA) is 75.4 Å². The van der Waals surface area contributed by atoms with Crippen LogP contribution in [0.15, 0.2) is 24.3 Å². The molecule has 112 valence electrons. The number of likely N-dealkylation sites (N-methyl/N-ethyl adjacent to an activating group) is 1. The number of anilines is 2. The molecule has 0 fully saturated rings. The first-order chi connectivity index (χ1) is 10.0. The van der Waals surface area contributed by atoms with E-state index in [0.717, 1.165) is 17.5 Å². The Morgan fingerprint density at radius 3 is 2.38 bits per heavy atom. The lowest BCUT2D eigenvalue weighted by Crippen LogP contribution is -2.38. The van der Waals surface area contributed by atoms with Crippen molar-refractivity contribution in [2.75, 3.05) is 37.8 Å². The molecule has 0 atom stereocenters. The van der Waals surface area contributed by atoms with Gasteiger partial charge in [0.2, 0.25) is 5.91 Å². The first-order valence-electron chi connectivity index (χ1n) is 7.00. The van der Waals surface area contributed by atoms with Gasteiger partial charge in [-0.25, -0.2) is 9.97 Å². The van der Waals surface area contributed by atoms with Gasteiger partial charge < -0.3 is 15.5 Å². The highest BCUT2D eigenvalue weighted by atomic mass is 16.2. The monoisotopic (exact) mass is 287 g/mol. The molecule has 1 aromatic carbocycles. The fourth-order valence-electron chi connectivity index (χ4n) is 2.07. The van der Waals surface area contributed by atoms with E-state index < -0.39 is 0 Å². The number of rotatable bonds is 5. The molecule has 6 nitrogen and oxygen atoms in total. The number of aromatic nitrogens is 2. The number of carbonyl (C=O) groups excluding carboxylic acids is 1. The van der Waals surface area contributed by atoms with Crippen LogP contribution in [-0.4, -0.2) is 48.0 Å². The summed E-state index contributed by atoms with van der Waals surface area (Å²) in [5.74, 6) is 0.942. The van der Waals surface area contributed by atoms with E-state index in [0.29, 0.717) is 18.2 Å². The fourth-order valence-corrected chi connectivity index (χ4v) is 2.07. The van der Waals surface area contributed by atoms with Crippen molar-refractivity contribution in [3.63, 3.8) is 0 Å². The lowest BCUT2D eigenvalue weighted by Gasteiger charge is -2.25. The summed E-state index contributed by atoms with van der Waals surface area (Å²) in [5, 5.41) is 0. The minimum atomic E-state index is 0.0119. The second kappa shape index (κ2) is 6.39. The van der Waals surface area contributed by atoms with E-state index in [-0.39, 0.29) is 12.5 Å². The molecule has 0 spiro atoms. The molecular weight excluding hydrogens is 266 g/mol. The van der Waals surface area contributed by atoms with Gasteiger partial charge in [0, 0.05) is 20.6 Å². The largest absolute Gasteiger partial charge is 0.381 e. The van der Waals surface area contributed by atoms with Crippen LogP contribution in [0.5, 0.6) is 0 Å². The standard InChI is InChI=1S/C15H21N5O/c1-4-9-20(10-13(21)19(2)3)15-14(16)17-11-7-5-6-8-12(11)18-15/h5-8H,4,9-10H2,1-3H3,(H2,16,17). The Morgan fingerprint density at radius 1 is 1.19 bits per heavy atom. The maximum Gasteiger partial charge on any atom is 0.241 e. The van der Waals surface area contributed by atoms with Crippen LogP contribution in [0.1, 0.15) is 13.3 Å². The third kappa shape index (κ3) is 3.39. The summed E-state index contributed by atoms with van der Waals surface area (Å²) in [6, 6.07) is 7.57. The lowest BCUT2D eigenvalue weighted by atomic mass is 10.3. The van der Waals surface area contributed by atoms with Gasteiger partial charge in [0.05, 0.1) is 17.6 Å². The summed E-state index contributed by atoms with van der Waals surface area (Å²) < 4.78 is 0. The Balaban J connectivity index is 2.39. The normalized spacial score (nSPS) is 10.6. The highest BCUT2D eigenvalue weighted by Crippen LogP contribution is 2.22. The van der Waals surface area contributed by atoms with Gasteiger partial charge in [-0.1, -0.05) is 19.1 Å². The van der Waals surface area contributed by atoms with E-state index in [1.165, 1.54) is 0 Å². The molecule has 0 aliphatic rings. The molecule has 1 aromatic heterocycles. The van der Waals surface area contributed by atoms with Gasteiger partial charge in [-0.3, -0.25) is 4.79 Å². The van der Waals surface area contributed by atoms with Gasteiger partial charge >= 0.3 is 0 Å². The van der Waals surface area contributed by atoms with Crippen LogP contribution in [0.2, 0.25) is 0 Å². The molecule has 2 rings (SSSR count). The molecule has 6 heteroatoms. The van der Waals surface area contributed by atoms with E-state index >= 15 is 0 Å². The van der Waals surface area contributed by atoms with E-state index in [2.05, 4.69) is 16.9 Å². The molecule has 0 saturated heterocycles. The summed E-state index contributed by atoms with van der Waals surface area (Å²) in [7, 11) is 3.48. The molecule has 0 unspecified atom stereocenters. The minimum absolute atomic E-state index is 0.0119. The van der Waals surface area contributed by atoms with E-state index in [4.69, 9.17) is 5.73 Å². The molecule has 2 N–H and O–H groups in total. The molecule has 0 aliphatic heterocycles. The van der Waals surface area contributed by atoms with Crippen LogP contribution in [0.4, 0.5) is 11.6 Å². The second-order valence-corrected chi connectivity index (χ2v) is 5.13. The maximum atomic E-state index is 12.0. The highest BCUT2D eigenvalue weighted by Gasteiger charge is 2.17. The molecular formula is C15H21N5O. The van der Waals surface area contributed by atoms with Crippen LogP contribution in [0.25, 0.3) is 11.0 Å². The average molecular weight is 287 g/mol. The van der Waals surface area contributed by atoms with Gasteiger partial charge in [-0.2, -0.15) is 0 Å². The Kier molecular flexibility index (Phi) is 4.57. The van der Waals surface area contributed by atoms with Crippen molar-refractivity contribution in [1.82, 2.24) is 14.9 Å². The van der Waals surface area contributed by atoms with Crippen LogP contribution in [-0.2, 0) is 4.79 Å². The highest BCUT2D eigenvalue weighted by molar-refractivity contribution is 5.84. The fraction of sp³-hybridized carbons (Fsp3) is 0.400. The molecule has 21 heavy (non-hydrogen) atoms. The first-order valence-corrected chi connectivity index (χ1v) is 7.00. The van der Waals surface area contributed by atoms with Crippen molar-refractivity contribution in [2.24, 2.45) is 0 Å². The number of benzene rings is 1. The summed E-state index contributed by atoms with van der Waals surface area (Å²) in [5.41, 5.74) is 7.57. The number of hydrogen-bond donors (Lipinski definition) is 1. The number of carbonyl (C=O) groups is 1. The van der Waals surface area contributed by atoms with Crippen molar-refractivity contribution < 1.29 is 4.79 Å². The summed E-state index contributed by atoms with van der Waals surface area (Å²) in [6.45, 7) is 3.01. The van der Waals surface area contributed by atoms with E-state index in [9.17, 15) is 4.79 Å². The number of para-hydroxylation sites is 2. The van der Waals surface area contributed by atoms with Gasteiger partial charge in [0.1, 0.15) is 0 Å². The molecule has 0 bridgehead atoms. The Labute approximate surface area is 124 Å². The molecule has 0 aliphatic carbocycles. The van der Waals surface area contributed by atoms with Crippen LogP contribution in [0.3, 0.4) is 0 Å². The third-order valence-electron chi connectivity index (χ3n) is 3.20. The Bertz CT molecular complexity index is 641. The van der Waals surface area contributed by atoms with Gasteiger partial charge in [0.15, 0.2) is 11.6 Å². The van der Waals surface area contributed by atoms with Crippen LogP contribution >= 0.6 is 0 Å². The molecule has 0 radical (unpaired) electrons. The molecule has 1 amide bonds. The number of hydrogen-bond acceptors (Lipinski definition) is 5. The number of nitrogen functional groups attached to an aromatic ring is 1. The van der Waals surface area contributed by atoms with Gasteiger partial charge in [-0.05, 0) is 18.6 Å². The minimum Gasteiger partial charge on any atom is -0.381 e. The molecule has 2 aromatic rings. The third-order valence-corrected chi connectivity index (χ3v) is 3.20. The number of nitrogens with two attached hydrogens (primary N) is 1. The zero-order valence-corrected chi connectivity index (χ0v) is 12.7. The predicted octanol–water partition coefficient (Wildman–Crippen LogP) is 1.52.